The minimum atomic E-state index is -0.307. The molecule has 0 aliphatic carbocycles. The number of aromatic nitrogens is 2. The number of ether oxygens (including phenoxy) is 1. The molecule has 1 aromatic heterocycles. The molecular weight excluding hydrogens is 390 g/mol. The van der Waals surface area contributed by atoms with E-state index in [1.807, 2.05) is 13.8 Å². The summed E-state index contributed by atoms with van der Waals surface area (Å²) in [5.41, 5.74) is 0.345. The molecule has 0 saturated heterocycles. The Kier molecular flexibility index (Phi) is 7.67. The van der Waals surface area contributed by atoms with Crippen molar-refractivity contribution in [3.05, 3.63) is 33.6 Å². The fraction of sp³-hybridized carbons (Fsp3) is 0.444. The number of hydrogen-bond acceptors (Lipinski definition) is 6. The Morgan fingerprint density at radius 2 is 2.11 bits per heavy atom. The fourth-order valence-corrected chi connectivity index (χ4v) is 3.58. The fourth-order valence-electron chi connectivity index (χ4n) is 2.45. The lowest BCUT2D eigenvalue weighted by Crippen LogP contribution is -2.28. The molecule has 0 spiro atoms. The van der Waals surface area contributed by atoms with Crippen LogP contribution in [0.4, 0.5) is 0 Å². The largest absolute Gasteiger partial charge is 0.469 e. The molecule has 0 aliphatic rings. The van der Waals surface area contributed by atoms with E-state index in [1.54, 1.807) is 22.8 Å². The molecule has 0 radical (unpaired) electrons. The highest BCUT2D eigenvalue weighted by Crippen LogP contribution is 2.22. The summed E-state index contributed by atoms with van der Waals surface area (Å²) in [6.45, 7) is 4.16. The van der Waals surface area contributed by atoms with Gasteiger partial charge in [-0.15, -0.1) is 0 Å². The molecule has 9 heteroatoms. The van der Waals surface area contributed by atoms with Crippen LogP contribution in [0.3, 0.4) is 0 Å². The van der Waals surface area contributed by atoms with Crippen molar-refractivity contribution in [3.63, 3.8) is 0 Å². The Bertz CT molecular complexity index is 898. The summed E-state index contributed by atoms with van der Waals surface area (Å²) in [4.78, 5) is 40.4. The van der Waals surface area contributed by atoms with E-state index in [0.29, 0.717) is 34.0 Å². The summed E-state index contributed by atoms with van der Waals surface area (Å²) in [7, 11) is 1.33. The van der Waals surface area contributed by atoms with Crippen LogP contribution in [-0.4, -0.2) is 40.8 Å². The van der Waals surface area contributed by atoms with Gasteiger partial charge in [0.1, 0.15) is 0 Å². The zero-order chi connectivity index (χ0) is 20.0. The molecule has 0 bridgehead atoms. The first-order valence-corrected chi connectivity index (χ1v) is 9.88. The molecule has 2 aromatic rings. The number of hydrogen-bond donors (Lipinski definition) is 1. The average molecular weight is 412 g/mol. The SMILES string of the molecule is COC(=O)CCCNC(=O)CSc1nc2cc(Cl)ccc2c(=O)n1C(C)C. The van der Waals surface area contributed by atoms with Crippen LogP contribution in [0, 0.1) is 0 Å². The van der Waals surface area contributed by atoms with Crippen molar-refractivity contribution >= 4 is 46.1 Å². The number of esters is 1. The number of nitrogens with one attached hydrogen (secondary N) is 1. The lowest BCUT2D eigenvalue weighted by Gasteiger charge is -2.16. The van der Waals surface area contributed by atoms with Crippen molar-refractivity contribution < 1.29 is 14.3 Å². The third-order valence-corrected chi connectivity index (χ3v) is 4.98. The van der Waals surface area contributed by atoms with E-state index in [0.717, 1.165) is 0 Å². The van der Waals surface area contributed by atoms with Gasteiger partial charge in [-0.05, 0) is 38.5 Å². The monoisotopic (exact) mass is 411 g/mol. The quantitative estimate of drug-likeness (QED) is 0.311. The number of methoxy groups -OCH3 is 1. The zero-order valence-corrected chi connectivity index (χ0v) is 17.0. The highest BCUT2D eigenvalue weighted by molar-refractivity contribution is 7.99. The molecule has 2 rings (SSSR count). The second-order valence-electron chi connectivity index (χ2n) is 6.14. The highest BCUT2D eigenvalue weighted by Gasteiger charge is 2.15. The molecule has 0 saturated carbocycles. The summed E-state index contributed by atoms with van der Waals surface area (Å²) < 4.78 is 6.12. The van der Waals surface area contributed by atoms with Crippen LogP contribution in [0.15, 0.2) is 28.2 Å². The van der Waals surface area contributed by atoms with E-state index in [9.17, 15) is 14.4 Å². The summed E-state index contributed by atoms with van der Waals surface area (Å²) in [5.74, 6) is -0.386. The van der Waals surface area contributed by atoms with Crippen LogP contribution in [0.5, 0.6) is 0 Å². The summed E-state index contributed by atoms with van der Waals surface area (Å²) in [5, 5.41) is 4.19. The summed E-state index contributed by atoms with van der Waals surface area (Å²) in [6, 6.07) is 4.86. The van der Waals surface area contributed by atoms with Gasteiger partial charge >= 0.3 is 5.97 Å². The number of carbonyl (C=O) groups is 2. The van der Waals surface area contributed by atoms with Gasteiger partial charge < -0.3 is 10.1 Å². The number of carbonyl (C=O) groups excluding carboxylic acids is 2. The van der Waals surface area contributed by atoms with Gasteiger partial charge in [0.25, 0.3) is 5.56 Å². The van der Waals surface area contributed by atoms with E-state index in [4.69, 9.17) is 11.6 Å². The van der Waals surface area contributed by atoms with E-state index in [1.165, 1.54) is 18.9 Å². The van der Waals surface area contributed by atoms with Crippen LogP contribution in [-0.2, 0) is 14.3 Å². The third kappa shape index (κ3) is 5.71. The number of fused-ring (bicyclic) bond motifs is 1. The van der Waals surface area contributed by atoms with Crippen LogP contribution in [0.2, 0.25) is 5.02 Å². The van der Waals surface area contributed by atoms with Gasteiger partial charge in [-0.2, -0.15) is 0 Å². The lowest BCUT2D eigenvalue weighted by molar-refractivity contribution is -0.140. The van der Waals surface area contributed by atoms with E-state index >= 15 is 0 Å². The summed E-state index contributed by atoms with van der Waals surface area (Å²) >= 11 is 7.20. The molecule has 27 heavy (non-hydrogen) atoms. The first-order chi connectivity index (χ1) is 12.8. The van der Waals surface area contributed by atoms with Crippen molar-refractivity contribution in [2.75, 3.05) is 19.4 Å². The van der Waals surface area contributed by atoms with Gasteiger partial charge in [-0.25, -0.2) is 4.98 Å². The molecule has 1 aromatic carbocycles. The predicted molar refractivity (Wildman–Crippen MR) is 106 cm³/mol. The van der Waals surface area contributed by atoms with Crippen molar-refractivity contribution in [1.29, 1.82) is 0 Å². The van der Waals surface area contributed by atoms with Gasteiger partial charge in [0, 0.05) is 24.0 Å². The van der Waals surface area contributed by atoms with Crippen LogP contribution < -0.4 is 10.9 Å². The molecule has 146 valence electrons. The van der Waals surface area contributed by atoms with Crippen molar-refractivity contribution in [2.45, 2.75) is 37.9 Å². The second-order valence-corrected chi connectivity index (χ2v) is 7.52. The maximum absolute atomic E-state index is 12.8. The van der Waals surface area contributed by atoms with Gasteiger partial charge in [0.2, 0.25) is 5.91 Å². The molecule has 1 N–H and O–H groups in total. The van der Waals surface area contributed by atoms with E-state index < -0.39 is 0 Å². The summed E-state index contributed by atoms with van der Waals surface area (Å²) in [6.07, 6.45) is 0.760. The number of thioether (sulfide) groups is 1. The van der Waals surface area contributed by atoms with Crippen molar-refractivity contribution in [1.82, 2.24) is 14.9 Å². The van der Waals surface area contributed by atoms with Crippen molar-refractivity contribution in [2.24, 2.45) is 0 Å². The van der Waals surface area contributed by atoms with Gasteiger partial charge in [0.15, 0.2) is 5.16 Å². The maximum Gasteiger partial charge on any atom is 0.305 e. The van der Waals surface area contributed by atoms with Crippen LogP contribution >= 0.6 is 23.4 Å². The molecule has 7 nitrogen and oxygen atoms in total. The lowest BCUT2D eigenvalue weighted by atomic mass is 10.2. The number of amides is 1. The standard InChI is InChI=1S/C18H22ClN3O4S/c1-11(2)22-17(25)13-7-6-12(19)9-14(13)21-18(22)27-10-15(23)20-8-4-5-16(24)26-3/h6-7,9,11H,4-5,8,10H2,1-3H3,(H,20,23). The second kappa shape index (κ2) is 9.75. The van der Waals surface area contributed by atoms with E-state index in [2.05, 4.69) is 15.0 Å². The first kappa shape index (κ1) is 21.2. The number of rotatable bonds is 8. The molecular formula is C18H22ClN3O4S. The Labute approximate surface area is 166 Å². The number of halogens is 1. The molecule has 0 unspecified atom stereocenters. The van der Waals surface area contributed by atoms with Gasteiger partial charge in [-0.1, -0.05) is 23.4 Å². The third-order valence-electron chi connectivity index (χ3n) is 3.79. The molecule has 1 amide bonds. The topological polar surface area (TPSA) is 90.3 Å². The minimum absolute atomic E-state index is 0.101. The normalized spacial score (nSPS) is 11.0. The van der Waals surface area contributed by atoms with Crippen LogP contribution in [0.25, 0.3) is 10.9 Å². The molecule has 0 atom stereocenters. The van der Waals surface area contributed by atoms with Gasteiger partial charge in [0.05, 0.1) is 23.8 Å². The van der Waals surface area contributed by atoms with E-state index in [-0.39, 0.29) is 35.7 Å². The Morgan fingerprint density at radius 1 is 1.37 bits per heavy atom. The molecule has 1 heterocycles. The van der Waals surface area contributed by atoms with Crippen molar-refractivity contribution in [3.8, 4) is 0 Å². The maximum atomic E-state index is 12.8. The Balaban J connectivity index is 2.09. The smallest absolute Gasteiger partial charge is 0.305 e. The highest BCUT2D eigenvalue weighted by atomic mass is 35.5. The van der Waals surface area contributed by atoms with Crippen LogP contribution in [0.1, 0.15) is 32.7 Å². The number of nitrogens with zero attached hydrogens (tertiary/aromatic N) is 2. The predicted octanol–water partition coefficient (Wildman–Crippen LogP) is 2.79. The zero-order valence-electron chi connectivity index (χ0n) is 15.5. The molecule has 0 aliphatic heterocycles. The Morgan fingerprint density at radius 3 is 2.78 bits per heavy atom. The van der Waals surface area contributed by atoms with Gasteiger partial charge in [-0.3, -0.25) is 19.0 Å². The number of benzene rings is 1. The Hall–Kier alpha value is -2.06. The molecule has 0 fully saturated rings. The minimum Gasteiger partial charge on any atom is -0.469 e. The first-order valence-electron chi connectivity index (χ1n) is 8.51. The average Bonchev–Trinajstić information content (AvgIpc) is 2.62.